The minimum absolute atomic E-state index is 0.0116. The van der Waals surface area contributed by atoms with Crippen molar-refractivity contribution in [2.24, 2.45) is 5.92 Å². The van der Waals surface area contributed by atoms with E-state index in [2.05, 4.69) is 24.1 Å². The molecule has 2 aromatic rings. The zero-order valence-electron chi connectivity index (χ0n) is 16.6. The van der Waals surface area contributed by atoms with E-state index >= 15 is 0 Å². The van der Waals surface area contributed by atoms with Crippen molar-refractivity contribution < 1.29 is 18.4 Å². The average Bonchev–Trinajstić information content (AvgIpc) is 2.67. The Bertz CT molecular complexity index is 851. The number of nitrogens with zero attached hydrogens (tertiary/aromatic N) is 2. The van der Waals surface area contributed by atoms with E-state index in [1.807, 2.05) is 4.90 Å². The number of nitrogens with one attached hydrogen (secondary N) is 1. The van der Waals surface area contributed by atoms with E-state index in [9.17, 15) is 18.4 Å². The molecule has 1 aliphatic heterocycles. The first kappa shape index (κ1) is 20.9. The highest BCUT2D eigenvalue weighted by atomic mass is 19.1. The molecule has 3 rings (SSSR count). The number of halogens is 2. The van der Waals surface area contributed by atoms with Crippen molar-refractivity contribution in [1.82, 2.24) is 9.80 Å². The molecule has 1 heterocycles. The van der Waals surface area contributed by atoms with Crippen LogP contribution >= 0.6 is 0 Å². The number of carbonyl (C=O) groups is 2. The smallest absolute Gasteiger partial charge is 0.254 e. The maximum atomic E-state index is 13.5. The van der Waals surface area contributed by atoms with Crippen molar-refractivity contribution in [3.63, 3.8) is 0 Å². The van der Waals surface area contributed by atoms with Gasteiger partial charge < -0.3 is 10.2 Å². The summed E-state index contributed by atoms with van der Waals surface area (Å²) < 4.78 is 27.0. The summed E-state index contributed by atoms with van der Waals surface area (Å²) >= 11 is 0. The van der Waals surface area contributed by atoms with Crippen LogP contribution in [0.15, 0.2) is 42.5 Å². The summed E-state index contributed by atoms with van der Waals surface area (Å²) in [6.45, 7) is 6.35. The molecule has 0 saturated carbocycles. The highest BCUT2D eigenvalue weighted by Gasteiger charge is 2.32. The lowest BCUT2D eigenvalue weighted by molar-refractivity contribution is -0.105. The largest absolute Gasteiger partial charge is 0.333 e. The van der Waals surface area contributed by atoms with Crippen LogP contribution in [0.5, 0.6) is 0 Å². The number of anilines is 1. The van der Waals surface area contributed by atoms with Gasteiger partial charge in [-0.15, -0.1) is 0 Å². The van der Waals surface area contributed by atoms with Gasteiger partial charge in [-0.3, -0.25) is 14.5 Å². The molecule has 1 fully saturated rings. The Morgan fingerprint density at radius 2 is 1.79 bits per heavy atom. The molecule has 0 aromatic heterocycles. The van der Waals surface area contributed by atoms with Crippen LogP contribution in [0.3, 0.4) is 0 Å². The van der Waals surface area contributed by atoms with Crippen molar-refractivity contribution in [2.45, 2.75) is 26.4 Å². The summed E-state index contributed by atoms with van der Waals surface area (Å²) in [7, 11) is 0. The third kappa shape index (κ3) is 5.17. The first-order valence-corrected chi connectivity index (χ1v) is 9.66. The minimum Gasteiger partial charge on any atom is -0.333 e. The summed E-state index contributed by atoms with van der Waals surface area (Å²) in [5.74, 6) is -0.997. The Hall–Kier alpha value is -2.80. The van der Waals surface area contributed by atoms with Crippen LogP contribution in [0.1, 0.15) is 29.8 Å². The molecule has 2 aromatic carbocycles. The van der Waals surface area contributed by atoms with Crippen LogP contribution in [0.4, 0.5) is 14.5 Å². The standard InChI is InChI=1S/C22H25F2N3O2/c1-15(2)21-13-26(12-16-9-18(23)11-19(24)10-16)7-8-27(21)22(29)17-3-5-20(6-4-17)25-14-28/h3-6,9-11,14-15,21H,7-8,12-13H2,1-2H3,(H,25,28)/t21-/m1/s1. The maximum absolute atomic E-state index is 13.5. The first-order chi connectivity index (χ1) is 13.9. The summed E-state index contributed by atoms with van der Waals surface area (Å²) in [5, 5.41) is 2.55. The number of hydrogen-bond donors (Lipinski definition) is 1. The van der Waals surface area contributed by atoms with E-state index < -0.39 is 11.6 Å². The number of hydrogen-bond acceptors (Lipinski definition) is 3. The predicted octanol–water partition coefficient (Wildman–Crippen LogP) is 3.52. The van der Waals surface area contributed by atoms with Gasteiger partial charge in [-0.25, -0.2) is 8.78 Å². The molecular weight excluding hydrogens is 376 g/mol. The van der Waals surface area contributed by atoms with E-state index in [4.69, 9.17) is 0 Å². The molecule has 5 nitrogen and oxygen atoms in total. The SMILES string of the molecule is CC(C)[C@H]1CN(Cc2cc(F)cc(F)c2)CCN1C(=O)c1ccc(NC=O)cc1. The molecule has 7 heteroatoms. The van der Waals surface area contributed by atoms with Gasteiger partial charge in [0.1, 0.15) is 11.6 Å². The fraction of sp³-hybridized carbons (Fsp3) is 0.364. The normalized spacial score (nSPS) is 17.4. The number of rotatable bonds is 6. The molecule has 2 amide bonds. The maximum Gasteiger partial charge on any atom is 0.254 e. The Kier molecular flexibility index (Phi) is 6.59. The quantitative estimate of drug-likeness (QED) is 0.754. The highest BCUT2D eigenvalue weighted by molar-refractivity contribution is 5.95. The molecule has 1 saturated heterocycles. The zero-order valence-corrected chi connectivity index (χ0v) is 16.6. The Morgan fingerprint density at radius 3 is 2.38 bits per heavy atom. The molecule has 1 N–H and O–H groups in total. The lowest BCUT2D eigenvalue weighted by Gasteiger charge is -2.43. The molecule has 1 aliphatic rings. The summed E-state index contributed by atoms with van der Waals surface area (Å²) in [4.78, 5) is 27.6. The van der Waals surface area contributed by atoms with Gasteiger partial charge in [-0.2, -0.15) is 0 Å². The van der Waals surface area contributed by atoms with Gasteiger partial charge in [0.25, 0.3) is 5.91 Å². The van der Waals surface area contributed by atoms with Crippen LogP contribution in [0.2, 0.25) is 0 Å². The Morgan fingerprint density at radius 1 is 1.14 bits per heavy atom. The van der Waals surface area contributed by atoms with Crippen LogP contribution in [0.25, 0.3) is 0 Å². The van der Waals surface area contributed by atoms with Crippen LogP contribution in [0, 0.1) is 17.6 Å². The fourth-order valence-corrected chi connectivity index (χ4v) is 3.74. The topological polar surface area (TPSA) is 52.6 Å². The average molecular weight is 401 g/mol. The molecule has 0 aliphatic carbocycles. The van der Waals surface area contributed by atoms with Gasteiger partial charge in [0.05, 0.1) is 0 Å². The Labute approximate surface area is 169 Å². The molecule has 0 bridgehead atoms. The second-order valence-corrected chi connectivity index (χ2v) is 7.66. The molecular formula is C22H25F2N3O2. The second kappa shape index (κ2) is 9.13. The molecule has 1 atom stereocenters. The van der Waals surface area contributed by atoms with Crippen molar-refractivity contribution in [3.05, 3.63) is 65.2 Å². The van der Waals surface area contributed by atoms with Crippen molar-refractivity contribution in [1.29, 1.82) is 0 Å². The fourth-order valence-electron chi connectivity index (χ4n) is 3.74. The van der Waals surface area contributed by atoms with Gasteiger partial charge in [0, 0.05) is 49.5 Å². The number of amides is 2. The van der Waals surface area contributed by atoms with Gasteiger partial charge in [0.15, 0.2) is 0 Å². The summed E-state index contributed by atoms with van der Waals surface area (Å²) in [5.41, 5.74) is 1.78. The lowest BCUT2D eigenvalue weighted by Crippen LogP contribution is -2.56. The number of carbonyl (C=O) groups excluding carboxylic acids is 2. The van der Waals surface area contributed by atoms with Gasteiger partial charge in [-0.05, 0) is 47.9 Å². The van der Waals surface area contributed by atoms with Crippen molar-refractivity contribution in [3.8, 4) is 0 Å². The van der Waals surface area contributed by atoms with E-state index in [1.54, 1.807) is 24.3 Å². The van der Waals surface area contributed by atoms with Gasteiger partial charge in [0.2, 0.25) is 6.41 Å². The molecule has 0 radical (unpaired) electrons. The van der Waals surface area contributed by atoms with E-state index in [0.29, 0.717) is 49.4 Å². The van der Waals surface area contributed by atoms with Crippen molar-refractivity contribution >= 4 is 18.0 Å². The minimum atomic E-state index is -0.582. The first-order valence-electron chi connectivity index (χ1n) is 9.66. The van der Waals surface area contributed by atoms with Crippen LogP contribution < -0.4 is 5.32 Å². The van der Waals surface area contributed by atoms with Crippen LogP contribution in [-0.2, 0) is 11.3 Å². The van der Waals surface area contributed by atoms with Crippen molar-refractivity contribution in [2.75, 3.05) is 25.0 Å². The number of benzene rings is 2. The lowest BCUT2D eigenvalue weighted by atomic mass is 9.98. The number of piperazine rings is 1. The molecule has 0 unspecified atom stereocenters. The monoisotopic (exact) mass is 401 g/mol. The molecule has 29 heavy (non-hydrogen) atoms. The van der Waals surface area contributed by atoms with E-state index in [1.165, 1.54) is 12.1 Å². The van der Waals surface area contributed by atoms with Crippen LogP contribution in [-0.4, -0.2) is 47.8 Å². The molecule has 154 valence electrons. The third-order valence-electron chi connectivity index (χ3n) is 5.22. The van der Waals surface area contributed by atoms with Gasteiger partial charge >= 0.3 is 0 Å². The zero-order chi connectivity index (χ0) is 21.0. The van der Waals surface area contributed by atoms with E-state index in [-0.39, 0.29) is 17.9 Å². The van der Waals surface area contributed by atoms with Gasteiger partial charge in [-0.1, -0.05) is 13.8 Å². The molecule has 0 spiro atoms. The third-order valence-corrected chi connectivity index (χ3v) is 5.22. The van der Waals surface area contributed by atoms with E-state index in [0.717, 1.165) is 6.07 Å². The predicted molar refractivity (Wildman–Crippen MR) is 107 cm³/mol. The summed E-state index contributed by atoms with van der Waals surface area (Å²) in [6, 6.07) is 10.3. The summed E-state index contributed by atoms with van der Waals surface area (Å²) in [6.07, 6.45) is 0.593. The Balaban J connectivity index is 1.71. The highest BCUT2D eigenvalue weighted by Crippen LogP contribution is 2.22. The second-order valence-electron chi connectivity index (χ2n) is 7.66.